The summed E-state index contributed by atoms with van der Waals surface area (Å²) >= 11 is 0. The molecule has 0 N–H and O–H groups in total. The molecule has 0 radical (unpaired) electrons. The van der Waals surface area contributed by atoms with Gasteiger partial charge in [-0.15, -0.1) is 0 Å². The number of rotatable bonds is 0. The van der Waals surface area contributed by atoms with Crippen LogP contribution in [0.2, 0.25) is 0 Å². The number of carbonyl (C=O) groups excluding carboxylic acids is 1. The molecule has 3 rings (SSSR count). The van der Waals surface area contributed by atoms with E-state index in [1.807, 2.05) is 0 Å². The average Bonchev–Trinajstić information content (AvgIpc) is 2.57. The Balaban J connectivity index is 2.14. The molecule has 4 heteroatoms. The number of allylic oxidation sites excluding steroid dienone is 1. The van der Waals surface area contributed by atoms with Crippen molar-refractivity contribution in [3.05, 3.63) is 36.6 Å². The van der Waals surface area contributed by atoms with Crippen molar-refractivity contribution in [2.24, 2.45) is 4.99 Å². The molecule has 1 unspecified atom stereocenters. The highest BCUT2D eigenvalue weighted by molar-refractivity contribution is 6.16. The fourth-order valence-corrected chi connectivity index (χ4v) is 1.78. The first kappa shape index (κ1) is 7.55. The van der Waals surface area contributed by atoms with Crippen molar-refractivity contribution in [3.63, 3.8) is 0 Å². The third kappa shape index (κ3) is 0.775. The predicted molar refractivity (Wildman–Crippen MR) is 48.3 cm³/mol. The molecule has 2 aliphatic heterocycles. The summed E-state index contributed by atoms with van der Waals surface area (Å²) in [6, 6.07) is 0. The standard InChI is InChI=1S/C10H7NO3/c12-7-1-2-10-8(5-7)11-6-9(10)13-3-4-14-10/h1-4,6H,5H2. The molecule has 4 nitrogen and oxygen atoms in total. The van der Waals surface area contributed by atoms with Crippen LogP contribution in [0.25, 0.3) is 0 Å². The first-order valence-electron chi connectivity index (χ1n) is 4.31. The summed E-state index contributed by atoms with van der Waals surface area (Å²) in [6.45, 7) is 0. The van der Waals surface area contributed by atoms with Crippen LogP contribution in [0, 0.1) is 0 Å². The Morgan fingerprint density at radius 3 is 3.29 bits per heavy atom. The highest BCUT2D eigenvalue weighted by Crippen LogP contribution is 2.37. The average molecular weight is 189 g/mol. The van der Waals surface area contributed by atoms with Gasteiger partial charge in [0, 0.05) is 0 Å². The van der Waals surface area contributed by atoms with Gasteiger partial charge in [-0.3, -0.25) is 9.79 Å². The van der Waals surface area contributed by atoms with E-state index in [2.05, 4.69) is 4.99 Å². The zero-order chi connectivity index (χ0) is 9.60. The van der Waals surface area contributed by atoms with Crippen LogP contribution in [0.15, 0.2) is 41.6 Å². The Hall–Kier alpha value is -1.84. The molecule has 14 heavy (non-hydrogen) atoms. The quantitative estimate of drug-likeness (QED) is 0.572. The predicted octanol–water partition coefficient (Wildman–Crippen LogP) is 1.07. The minimum atomic E-state index is -0.733. The molecule has 0 fully saturated rings. The van der Waals surface area contributed by atoms with E-state index in [1.54, 1.807) is 12.3 Å². The summed E-state index contributed by atoms with van der Waals surface area (Å²) in [5, 5.41) is 0. The van der Waals surface area contributed by atoms with Gasteiger partial charge < -0.3 is 9.47 Å². The zero-order valence-electron chi connectivity index (χ0n) is 7.27. The van der Waals surface area contributed by atoms with Crippen molar-refractivity contribution in [1.29, 1.82) is 0 Å². The number of hydrogen-bond donors (Lipinski definition) is 0. The number of ketones is 1. The fourth-order valence-electron chi connectivity index (χ4n) is 1.78. The van der Waals surface area contributed by atoms with Crippen LogP contribution >= 0.6 is 0 Å². The van der Waals surface area contributed by atoms with Crippen LogP contribution in [-0.2, 0) is 14.3 Å². The molecular formula is C10H7NO3. The summed E-state index contributed by atoms with van der Waals surface area (Å²) in [6.07, 6.45) is 8.04. The number of carbonyl (C=O) groups is 1. The van der Waals surface area contributed by atoms with Crippen molar-refractivity contribution < 1.29 is 14.3 Å². The van der Waals surface area contributed by atoms with Gasteiger partial charge in [0.05, 0.1) is 18.3 Å². The Bertz CT molecular complexity index is 431. The Morgan fingerprint density at radius 2 is 2.36 bits per heavy atom. The fraction of sp³-hybridized carbons (Fsp3) is 0.200. The van der Waals surface area contributed by atoms with Gasteiger partial charge in [0.1, 0.15) is 12.5 Å². The molecular weight excluding hydrogens is 182 g/mol. The van der Waals surface area contributed by atoms with Crippen molar-refractivity contribution in [2.75, 3.05) is 0 Å². The van der Waals surface area contributed by atoms with Crippen LogP contribution < -0.4 is 0 Å². The highest BCUT2D eigenvalue weighted by atomic mass is 16.6. The molecule has 0 aromatic rings. The molecule has 3 aliphatic rings. The molecule has 1 aliphatic carbocycles. The van der Waals surface area contributed by atoms with Crippen LogP contribution in [-0.4, -0.2) is 17.1 Å². The highest BCUT2D eigenvalue weighted by Gasteiger charge is 2.47. The molecule has 1 spiro atoms. The SMILES string of the molecule is O=C1C=CC23OC=COC2=CN=C3C1. The summed E-state index contributed by atoms with van der Waals surface area (Å²) in [5.41, 5.74) is -0.0350. The minimum Gasteiger partial charge on any atom is -0.473 e. The summed E-state index contributed by atoms with van der Waals surface area (Å²) < 4.78 is 10.8. The Morgan fingerprint density at radius 1 is 1.43 bits per heavy atom. The lowest BCUT2D eigenvalue weighted by Gasteiger charge is -2.32. The lowest BCUT2D eigenvalue weighted by atomic mass is 9.87. The molecule has 0 aromatic heterocycles. The van der Waals surface area contributed by atoms with Gasteiger partial charge >= 0.3 is 0 Å². The number of aliphatic imine (C=N–C) groups is 1. The second-order valence-corrected chi connectivity index (χ2v) is 3.29. The molecule has 0 bridgehead atoms. The van der Waals surface area contributed by atoms with Crippen molar-refractivity contribution in [1.82, 2.24) is 0 Å². The van der Waals surface area contributed by atoms with E-state index in [9.17, 15) is 4.79 Å². The summed E-state index contributed by atoms with van der Waals surface area (Å²) in [7, 11) is 0. The Kier molecular flexibility index (Phi) is 1.27. The van der Waals surface area contributed by atoms with Crippen LogP contribution in [0.5, 0.6) is 0 Å². The number of hydrogen-bond acceptors (Lipinski definition) is 4. The summed E-state index contributed by atoms with van der Waals surface area (Å²) in [4.78, 5) is 15.3. The monoisotopic (exact) mass is 189 g/mol. The van der Waals surface area contributed by atoms with Crippen molar-refractivity contribution in [3.8, 4) is 0 Å². The van der Waals surface area contributed by atoms with Gasteiger partial charge in [0.25, 0.3) is 0 Å². The molecule has 70 valence electrons. The van der Waals surface area contributed by atoms with Crippen LogP contribution in [0.3, 0.4) is 0 Å². The first-order chi connectivity index (χ1) is 6.81. The number of nitrogens with zero attached hydrogens (tertiary/aromatic N) is 1. The van der Waals surface area contributed by atoms with E-state index in [-0.39, 0.29) is 5.78 Å². The van der Waals surface area contributed by atoms with E-state index >= 15 is 0 Å². The molecule has 0 aromatic carbocycles. The van der Waals surface area contributed by atoms with Gasteiger partial charge in [0.15, 0.2) is 11.5 Å². The smallest absolute Gasteiger partial charge is 0.224 e. The van der Waals surface area contributed by atoms with E-state index in [4.69, 9.17) is 9.47 Å². The minimum absolute atomic E-state index is 0.0437. The largest absolute Gasteiger partial charge is 0.473 e. The van der Waals surface area contributed by atoms with Gasteiger partial charge in [-0.25, -0.2) is 0 Å². The second kappa shape index (κ2) is 2.35. The van der Waals surface area contributed by atoms with Crippen LogP contribution in [0.1, 0.15) is 6.42 Å². The van der Waals surface area contributed by atoms with Crippen LogP contribution in [0.4, 0.5) is 0 Å². The zero-order valence-corrected chi connectivity index (χ0v) is 7.27. The van der Waals surface area contributed by atoms with E-state index in [0.717, 1.165) is 0 Å². The third-order valence-corrected chi connectivity index (χ3v) is 2.48. The lowest BCUT2D eigenvalue weighted by Crippen LogP contribution is -2.43. The maximum absolute atomic E-state index is 11.2. The first-order valence-corrected chi connectivity index (χ1v) is 4.31. The lowest BCUT2D eigenvalue weighted by molar-refractivity contribution is -0.114. The van der Waals surface area contributed by atoms with Gasteiger partial charge in [-0.2, -0.15) is 0 Å². The molecule has 0 amide bonds. The Labute approximate surface area is 80.2 Å². The maximum atomic E-state index is 11.2. The second-order valence-electron chi connectivity index (χ2n) is 3.29. The molecule has 2 heterocycles. The third-order valence-electron chi connectivity index (χ3n) is 2.48. The van der Waals surface area contributed by atoms with Crippen molar-refractivity contribution >= 4 is 11.5 Å². The number of ether oxygens (including phenoxy) is 2. The molecule has 0 saturated carbocycles. The van der Waals surface area contributed by atoms with E-state index < -0.39 is 5.60 Å². The molecule has 1 atom stereocenters. The summed E-state index contributed by atoms with van der Waals surface area (Å²) in [5.74, 6) is 0.668. The maximum Gasteiger partial charge on any atom is 0.224 e. The topological polar surface area (TPSA) is 47.9 Å². The normalized spacial score (nSPS) is 32.4. The van der Waals surface area contributed by atoms with Gasteiger partial charge in [0.2, 0.25) is 5.60 Å². The van der Waals surface area contributed by atoms with Gasteiger partial charge in [-0.05, 0) is 12.2 Å². The van der Waals surface area contributed by atoms with Gasteiger partial charge in [-0.1, -0.05) is 0 Å². The van der Waals surface area contributed by atoms with E-state index in [1.165, 1.54) is 18.6 Å². The van der Waals surface area contributed by atoms with Crippen molar-refractivity contribution in [2.45, 2.75) is 12.0 Å². The molecule has 0 saturated heterocycles. The van der Waals surface area contributed by atoms with E-state index in [0.29, 0.717) is 17.9 Å².